The Morgan fingerprint density at radius 2 is 1.91 bits per heavy atom. The van der Waals surface area contributed by atoms with Crippen LogP contribution in [-0.4, -0.2) is 58.2 Å². The second-order valence-electron chi connectivity index (χ2n) is 7.94. The molecule has 4 rings (SSSR count). The molecular weight excluding hydrogens is 522 g/mol. The average molecular weight is 544 g/mol. The molecule has 11 nitrogen and oxygen atoms in total. The van der Waals surface area contributed by atoms with Gasteiger partial charge in [-0.25, -0.2) is 14.4 Å². The number of nitrogens with two attached hydrogens (primary N) is 1. The SMILES string of the molecule is COc1ccc2c(c1)c(NC(=O)N1CCC[C@H]1C(=O)Nc1cc(Br)cc(C(=O)O)c1)cn2C(N)=O. The molecule has 3 aromatic rings. The van der Waals surface area contributed by atoms with Gasteiger partial charge in [-0.2, -0.15) is 0 Å². The number of nitrogens with one attached hydrogen (secondary N) is 2. The summed E-state index contributed by atoms with van der Waals surface area (Å²) in [5, 5.41) is 15.3. The van der Waals surface area contributed by atoms with E-state index in [0.717, 1.165) is 0 Å². The third kappa shape index (κ3) is 4.92. The fraction of sp³-hybridized carbons (Fsp3) is 0.217. The number of likely N-dealkylation sites (tertiary alicyclic amines) is 1. The number of amides is 4. The number of hydrogen-bond acceptors (Lipinski definition) is 5. The highest BCUT2D eigenvalue weighted by Gasteiger charge is 2.34. The van der Waals surface area contributed by atoms with E-state index in [1.165, 1.54) is 34.9 Å². The maximum absolute atomic E-state index is 13.1. The van der Waals surface area contributed by atoms with Crippen molar-refractivity contribution in [3.8, 4) is 5.75 Å². The molecule has 12 heteroatoms. The van der Waals surface area contributed by atoms with E-state index in [-0.39, 0.29) is 5.56 Å². The van der Waals surface area contributed by atoms with Gasteiger partial charge in [-0.1, -0.05) is 15.9 Å². The first-order valence-corrected chi connectivity index (χ1v) is 11.4. The zero-order valence-electron chi connectivity index (χ0n) is 18.6. The summed E-state index contributed by atoms with van der Waals surface area (Å²) in [6.07, 6.45) is 2.47. The van der Waals surface area contributed by atoms with E-state index >= 15 is 0 Å². The molecule has 1 atom stereocenters. The van der Waals surface area contributed by atoms with Crippen LogP contribution in [-0.2, 0) is 4.79 Å². The summed E-state index contributed by atoms with van der Waals surface area (Å²) >= 11 is 3.24. The first-order valence-electron chi connectivity index (χ1n) is 10.6. The lowest BCUT2D eigenvalue weighted by atomic mass is 10.1. The van der Waals surface area contributed by atoms with Crippen LogP contribution in [0.2, 0.25) is 0 Å². The Balaban J connectivity index is 1.55. The van der Waals surface area contributed by atoms with Gasteiger partial charge in [-0.05, 0) is 49.2 Å². The van der Waals surface area contributed by atoms with Crippen LogP contribution < -0.4 is 21.1 Å². The van der Waals surface area contributed by atoms with Gasteiger partial charge in [0.15, 0.2) is 0 Å². The van der Waals surface area contributed by atoms with Gasteiger partial charge in [-0.15, -0.1) is 0 Å². The molecule has 4 amide bonds. The molecule has 0 saturated carbocycles. The number of carboxylic acids is 1. The van der Waals surface area contributed by atoms with Gasteiger partial charge in [0.25, 0.3) is 0 Å². The number of methoxy groups -OCH3 is 1. The van der Waals surface area contributed by atoms with Crippen molar-refractivity contribution in [3.63, 3.8) is 0 Å². The molecule has 1 fully saturated rings. The summed E-state index contributed by atoms with van der Waals surface area (Å²) in [5.41, 5.74) is 6.61. The van der Waals surface area contributed by atoms with E-state index in [4.69, 9.17) is 10.5 Å². The number of carbonyl (C=O) groups excluding carboxylic acids is 3. The normalized spacial score (nSPS) is 15.1. The van der Waals surface area contributed by atoms with Gasteiger partial charge in [0.1, 0.15) is 11.8 Å². The summed E-state index contributed by atoms with van der Waals surface area (Å²) in [6.45, 7) is 0.348. The van der Waals surface area contributed by atoms with E-state index < -0.39 is 30.0 Å². The summed E-state index contributed by atoms with van der Waals surface area (Å²) in [7, 11) is 1.50. The molecule has 0 radical (unpaired) electrons. The molecule has 0 aliphatic carbocycles. The Morgan fingerprint density at radius 3 is 2.60 bits per heavy atom. The molecule has 1 aromatic heterocycles. The topological polar surface area (TPSA) is 156 Å². The van der Waals surface area contributed by atoms with Crippen LogP contribution >= 0.6 is 15.9 Å². The molecule has 0 unspecified atom stereocenters. The number of anilines is 2. The Bertz CT molecular complexity index is 1350. The van der Waals surface area contributed by atoms with E-state index in [9.17, 15) is 24.3 Å². The molecular formula is C23H22BrN5O6. The average Bonchev–Trinajstić information content (AvgIpc) is 3.44. The van der Waals surface area contributed by atoms with E-state index in [0.29, 0.717) is 51.9 Å². The number of urea groups is 1. The summed E-state index contributed by atoms with van der Waals surface area (Å²) in [4.78, 5) is 50.7. The van der Waals surface area contributed by atoms with Crippen LogP contribution in [0.4, 0.5) is 21.0 Å². The number of hydrogen-bond donors (Lipinski definition) is 4. The lowest BCUT2D eigenvalue weighted by Crippen LogP contribution is -2.45. The van der Waals surface area contributed by atoms with Crippen molar-refractivity contribution in [1.82, 2.24) is 9.47 Å². The van der Waals surface area contributed by atoms with E-state index in [2.05, 4.69) is 26.6 Å². The molecule has 5 N–H and O–H groups in total. The van der Waals surface area contributed by atoms with E-state index in [1.54, 1.807) is 24.3 Å². The van der Waals surface area contributed by atoms with Crippen molar-refractivity contribution in [2.24, 2.45) is 5.73 Å². The Hall–Kier alpha value is -4.06. The molecule has 0 spiro atoms. The van der Waals surface area contributed by atoms with Crippen molar-refractivity contribution >= 4 is 62.1 Å². The number of fused-ring (bicyclic) bond motifs is 1. The third-order valence-corrected chi connectivity index (χ3v) is 6.18. The Kier molecular flexibility index (Phi) is 6.65. The monoisotopic (exact) mass is 543 g/mol. The van der Waals surface area contributed by atoms with Crippen LogP contribution in [0.25, 0.3) is 10.9 Å². The number of nitrogens with zero attached hydrogens (tertiary/aromatic N) is 2. The second-order valence-corrected chi connectivity index (χ2v) is 8.85. The molecule has 35 heavy (non-hydrogen) atoms. The molecule has 2 heterocycles. The Morgan fingerprint density at radius 1 is 1.14 bits per heavy atom. The zero-order chi connectivity index (χ0) is 25.3. The molecule has 1 saturated heterocycles. The lowest BCUT2D eigenvalue weighted by Gasteiger charge is -2.24. The highest BCUT2D eigenvalue weighted by Crippen LogP contribution is 2.31. The van der Waals surface area contributed by atoms with Crippen LogP contribution in [0, 0.1) is 0 Å². The number of ether oxygens (including phenoxy) is 1. The fourth-order valence-corrected chi connectivity index (χ4v) is 4.59. The number of carboxylic acid groups (broad SMARTS) is 1. The van der Waals surface area contributed by atoms with Crippen LogP contribution in [0.3, 0.4) is 0 Å². The number of benzene rings is 2. The third-order valence-electron chi connectivity index (χ3n) is 5.72. The molecule has 2 aromatic carbocycles. The van der Waals surface area contributed by atoms with Crippen molar-refractivity contribution in [1.29, 1.82) is 0 Å². The van der Waals surface area contributed by atoms with Crippen molar-refractivity contribution in [3.05, 3.63) is 52.6 Å². The van der Waals surface area contributed by atoms with Crippen LogP contribution in [0.15, 0.2) is 47.1 Å². The molecule has 0 bridgehead atoms. The minimum Gasteiger partial charge on any atom is -0.497 e. The minimum atomic E-state index is -1.13. The summed E-state index contributed by atoms with van der Waals surface area (Å²) < 4.78 is 6.96. The first kappa shape index (κ1) is 24.1. The van der Waals surface area contributed by atoms with Gasteiger partial charge in [-0.3, -0.25) is 9.36 Å². The summed E-state index contributed by atoms with van der Waals surface area (Å²) in [5.74, 6) is -1.04. The maximum atomic E-state index is 13.1. The van der Waals surface area contributed by atoms with E-state index in [1.807, 2.05) is 0 Å². The first-order chi connectivity index (χ1) is 16.7. The Labute approximate surface area is 207 Å². The smallest absolute Gasteiger partial charge is 0.335 e. The van der Waals surface area contributed by atoms with Crippen molar-refractivity contribution in [2.45, 2.75) is 18.9 Å². The van der Waals surface area contributed by atoms with Gasteiger partial charge >= 0.3 is 18.0 Å². The van der Waals surface area contributed by atoms with Gasteiger partial charge in [0.05, 0.1) is 23.9 Å². The number of carbonyl (C=O) groups is 4. The van der Waals surface area contributed by atoms with Gasteiger partial charge in [0, 0.05) is 28.3 Å². The molecule has 182 valence electrons. The highest BCUT2D eigenvalue weighted by atomic mass is 79.9. The summed E-state index contributed by atoms with van der Waals surface area (Å²) in [6, 6.07) is 7.35. The predicted octanol–water partition coefficient (Wildman–Crippen LogP) is 3.67. The van der Waals surface area contributed by atoms with Crippen molar-refractivity contribution < 1.29 is 29.0 Å². The number of primary amides is 1. The van der Waals surface area contributed by atoms with Crippen molar-refractivity contribution in [2.75, 3.05) is 24.3 Å². The zero-order valence-corrected chi connectivity index (χ0v) is 20.2. The number of aromatic nitrogens is 1. The minimum absolute atomic E-state index is 0.0111. The predicted molar refractivity (Wildman–Crippen MR) is 132 cm³/mol. The number of rotatable bonds is 5. The van der Waals surface area contributed by atoms with Crippen LogP contribution in [0.1, 0.15) is 23.2 Å². The highest BCUT2D eigenvalue weighted by molar-refractivity contribution is 9.10. The standard InChI is InChI=1S/C23H22BrN5O6/c1-35-15-4-5-18-16(10-15)17(11-29(18)22(25)33)27-23(34)28-6-2-3-19(28)20(30)26-14-8-12(21(31)32)7-13(24)9-14/h4-5,7-11,19H,2-3,6H2,1H3,(H2,25,33)(H,26,30)(H,27,34)(H,31,32)/t19-/m0/s1. The van der Waals surface area contributed by atoms with Crippen LogP contribution in [0.5, 0.6) is 5.75 Å². The van der Waals surface area contributed by atoms with Gasteiger partial charge in [0.2, 0.25) is 5.91 Å². The van der Waals surface area contributed by atoms with Gasteiger partial charge < -0.3 is 31.1 Å². The second kappa shape index (κ2) is 9.66. The number of halogens is 1. The number of aromatic carboxylic acids is 1. The molecule has 1 aliphatic heterocycles. The lowest BCUT2D eigenvalue weighted by molar-refractivity contribution is -0.119. The molecule has 1 aliphatic rings. The quantitative estimate of drug-likeness (QED) is 0.384. The maximum Gasteiger partial charge on any atom is 0.335 e. The largest absolute Gasteiger partial charge is 0.497 e. The fourth-order valence-electron chi connectivity index (χ4n) is 4.10.